The maximum Gasteiger partial charge on any atom is 0.324 e. The van der Waals surface area contributed by atoms with Crippen LogP contribution >= 0.6 is 23.2 Å². The first-order valence-electron chi connectivity index (χ1n) is 7.96. The van der Waals surface area contributed by atoms with Gasteiger partial charge in [0.1, 0.15) is 11.8 Å². The van der Waals surface area contributed by atoms with E-state index in [-0.39, 0.29) is 20.5 Å². The number of nitrogens with one attached hydrogen (secondary N) is 1. The Morgan fingerprint density at radius 2 is 1.79 bits per heavy atom. The highest BCUT2D eigenvalue weighted by atomic mass is 35.5. The molecular formula is C18H17Cl2NO6S. The lowest BCUT2D eigenvalue weighted by molar-refractivity contribution is -0.144. The third kappa shape index (κ3) is 5.45. The number of methoxy groups -OCH3 is 1. The van der Waals surface area contributed by atoms with Crippen LogP contribution in [0.5, 0.6) is 5.75 Å². The van der Waals surface area contributed by atoms with Crippen LogP contribution in [0.4, 0.5) is 0 Å². The van der Waals surface area contributed by atoms with Gasteiger partial charge in [0.15, 0.2) is 6.61 Å². The summed E-state index contributed by atoms with van der Waals surface area (Å²) in [6, 6.07) is 8.98. The molecule has 0 aliphatic rings. The molecule has 0 saturated carbocycles. The summed E-state index contributed by atoms with van der Waals surface area (Å²) in [5.41, 5.74) is 0.252. The first-order valence-corrected chi connectivity index (χ1v) is 10.2. The molecule has 0 bridgehead atoms. The van der Waals surface area contributed by atoms with Gasteiger partial charge in [-0.1, -0.05) is 35.3 Å². The number of benzene rings is 2. The third-order valence-electron chi connectivity index (χ3n) is 3.64. The van der Waals surface area contributed by atoms with Crippen molar-refractivity contribution in [3.05, 3.63) is 58.1 Å². The van der Waals surface area contributed by atoms with E-state index in [2.05, 4.69) is 4.72 Å². The van der Waals surface area contributed by atoms with Crippen LogP contribution in [0.3, 0.4) is 0 Å². The molecule has 0 heterocycles. The van der Waals surface area contributed by atoms with Gasteiger partial charge < -0.3 is 9.47 Å². The van der Waals surface area contributed by atoms with Crippen molar-refractivity contribution in [2.75, 3.05) is 13.7 Å². The van der Waals surface area contributed by atoms with E-state index in [9.17, 15) is 18.0 Å². The number of Topliss-reactive ketones (excluding diaryl/α,β-unsaturated/α-hetero) is 1. The number of hydrogen-bond acceptors (Lipinski definition) is 6. The van der Waals surface area contributed by atoms with E-state index in [1.54, 1.807) is 18.2 Å². The van der Waals surface area contributed by atoms with E-state index in [4.69, 9.17) is 32.7 Å². The van der Waals surface area contributed by atoms with Crippen LogP contribution in [0.1, 0.15) is 17.3 Å². The van der Waals surface area contributed by atoms with Crippen molar-refractivity contribution >= 4 is 45.0 Å². The summed E-state index contributed by atoms with van der Waals surface area (Å²) in [5, 5.41) is 0.255. The molecule has 0 aromatic heterocycles. The lowest BCUT2D eigenvalue weighted by atomic mass is 10.1. The van der Waals surface area contributed by atoms with Crippen LogP contribution in [0.15, 0.2) is 47.4 Å². The lowest BCUT2D eigenvalue weighted by Crippen LogP contribution is -2.40. The minimum absolute atomic E-state index is 0.0576. The van der Waals surface area contributed by atoms with Gasteiger partial charge in [-0.15, -0.1) is 0 Å². The molecule has 0 spiro atoms. The van der Waals surface area contributed by atoms with Crippen molar-refractivity contribution in [3.63, 3.8) is 0 Å². The summed E-state index contributed by atoms with van der Waals surface area (Å²) >= 11 is 11.6. The van der Waals surface area contributed by atoms with Crippen molar-refractivity contribution in [1.29, 1.82) is 0 Å². The van der Waals surface area contributed by atoms with Crippen LogP contribution in [0.2, 0.25) is 10.0 Å². The SMILES string of the molecule is COc1ccccc1C(=O)COC(=O)[C@H](C)NS(=O)(=O)c1ccc(Cl)c(Cl)c1. The second-order valence-electron chi connectivity index (χ2n) is 5.65. The lowest BCUT2D eigenvalue weighted by Gasteiger charge is -2.14. The van der Waals surface area contributed by atoms with E-state index >= 15 is 0 Å². The zero-order valence-electron chi connectivity index (χ0n) is 14.9. The predicted octanol–water partition coefficient (Wildman–Crippen LogP) is 3.09. The van der Waals surface area contributed by atoms with Crippen LogP contribution in [0, 0.1) is 0 Å². The number of para-hydroxylation sites is 1. The fourth-order valence-corrected chi connectivity index (χ4v) is 3.79. The van der Waals surface area contributed by atoms with Crippen LogP contribution in [-0.4, -0.2) is 39.9 Å². The monoisotopic (exact) mass is 445 g/mol. The molecule has 0 amide bonds. The number of ether oxygens (including phenoxy) is 2. The van der Waals surface area contributed by atoms with Crippen molar-refractivity contribution in [3.8, 4) is 5.75 Å². The molecule has 0 unspecified atom stereocenters. The molecule has 1 N–H and O–H groups in total. The molecule has 0 aliphatic heterocycles. The summed E-state index contributed by atoms with van der Waals surface area (Å²) in [7, 11) is -2.63. The Balaban J connectivity index is 2.00. The van der Waals surface area contributed by atoms with Gasteiger partial charge in [-0.3, -0.25) is 9.59 Å². The largest absolute Gasteiger partial charge is 0.496 e. The van der Waals surface area contributed by atoms with Crippen LogP contribution in [0.25, 0.3) is 0 Å². The molecule has 0 radical (unpaired) electrons. The maximum atomic E-state index is 12.3. The first kappa shape index (κ1) is 22.2. The fraction of sp³-hybridized carbons (Fsp3) is 0.222. The van der Waals surface area contributed by atoms with E-state index in [1.807, 2.05) is 0 Å². The minimum atomic E-state index is -4.04. The van der Waals surface area contributed by atoms with Gasteiger partial charge in [-0.25, -0.2) is 8.42 Å². The third-order valence-corrected chi connectivity index (χ3v) is 5.92. The normalized spacial score (nSPS) is 12.3. The number of carbonyl (C=O) groups excluding carboxylic acids is 2. The second kappa shape index (κ2) is 9.38. The topological polar surface area (TPSA) is 98.8 Å². The number of halogens is 2. The van der Waals surface area contributed by atoms with E-state index < -0.39 is 34.4 Å². The predicted molar refractivity (Wildman–Crippen MR) is 105 cm³/mol. The van der Waals surface area contributed by atoms with Crippen LogP contribution in [-0.2, 0) is 19.6 Å². The summed E-state index contributed by atoms with van der Waals surface area (Å²) in [5.74, 6) is -1.05. The molecule has 7 nitrogen and oxygen atoms in total. The van der Waals surface area contributed by atoms with Gasteiger partial charge in [0.25, 0.3) is 0 Å². The molecule has 2 aromatic rings. The molecule has 2 rings (SSSR count). The van der Waals surface area contributed by atoms with Crippen LogP contribution < -0.4 is 9.46 Å². The molecule has 0 fully saturated rings. The number of ketones is 1. The van der Waals surface area contributed by atoms with Crippen molar-refractivity contribution < 1.29 is 27.5 Å². The number of esters is 1. The summed E-state index contributed by atoms with van der Waals surface area (Å²) < 4.78 is 36.9. The van der Waals surface area contributed by atoms with Gasteiger partial charge in [0.2, 0.25) is 15.8 Å². The minimum Gasteiger partial charge on any atom is -0.496 e. The van der Waals surface area contributed by atoms with Gasteiger partial charge in [0.05, 0.1) is 27.6 Å². The van der Waals surface area contributed by atoms with E-state index in [1.165, 1.54) is 32.2 Å². The fourth-order valence-electron chi connectivity index (χ4n) is 2.21. The summed E-state index contributed by atoms with van der Waals surface area (Å²) in [6.07, 6.45) is 0. The molecule has 0 aliphatic carbocycles. The number of hydrogen-bond donors (Lipinski definition) is 1. The Labute approximate surface area is 172 Å². The van der Waals surface area contributed by atoms with Crippen molar-refractivity contribution in [2.24, 2.45) is 0 Å². The molecule has 1 atom stereocenters. The average molecular weight is 446 g/mol. The summed E-state index contributed by atoms with van der Waals surface area (Å²) in [6.45, 7) is 0.739. The Kier molecular flexibility index (Phi) is 7.42. The average Bonchev–Trinajstić information content (AvgIpc) is 2.67. The Morgan fingerprint density at radius 1 is 1.11 bits per heavy atom. The number of sulfonamides is 1. The maximum absolute atomic E-state index is 12.3. The molecular weight excluding hydrogens is 429 g/mol. The number of carbonyl (C=O) groups is 2. The number of rotatable bonds is 8. The van der Waals surface area contributed by atoms with Gasteiger partial charge >= 0.3 is 5.97 Å². The van der Waals surface area contributed by atoms with Gasteiger partial charge in [0, 0.05) is 0 Å². The highest BCUT2D eigenvalue weighted by Gasteiger charge is 2.24. The van der Waals surface area contributed by atoms with Crippen molar-refractivity contribution in [2.45, 2.75) is 17.9 Å². The smallest absolute Gasteiger partial charge is 0.324 e. The molecule has 10 heteroatoms. The van der Waals surface area contributed by atoms with Gasteiger partial charge in [-0.2, -0.15) is 4.72 Å². The van der Waals surface area contributed by atoms with Crippen molar-refractivity contribution in [1.82, 2.24) is 4.72 Å². The highest BCUT2D eigenvalue weighted by Crippen LogP contribution is 2.25. The molecule has 150 valence electrons. The summed E-state index contributed by atoms with van der Waals surface area (Å²) in [4.78, 5) is 24.1. The van der Waals surface area contributed by atoms with E-state index in [0.717, 1.165) is 6.07 Å². The zero-order valence-corrected chi connectivity index (χ0v) is 17.3. The first-order chi connectivity index (χ1) is 13.2. The Hall–Kier alpha value is -2.13. The highest BCUT2D eigenvalue weighted by molar-refractivity contribution is 7.89. The molecule has 28 heavy (non-hydrogen) atoms. The molecule has 0 saturated heterocycles. The van der Waals surface area contributed by atoms with Gasteiger partial charge in [-0.05, 0) is 37.3 Å². The zero-order chi connectivity index (χ0) is 20.9. The second-order valence-corrected chi connectivity index (χ2v) is 8.18. The van der Waals surface area contributed by atoms with E-state index in [0.29, 0.717) is 5.75 Å². The Bertz CT molecular complexity index is 993. The standard InChI is InChI=1S/C18H17Cl2NO6S/c1-11(21-28(24,25)12-7-8-14(19)15(20)9-12)18(23)27-10-16(22)13-5-3-4-6-17(13)26-2/h3-9,11,21H,10H2,1-2H3/t11-/m0/s1. The Morgan fingerprint density at radius 3 is 2.43 bits per heavy atom. The quantitative estimate of drug-likeness (QED) is 0.494. The molecule has 2 aromatic carbocycles.